The minimum Gasteiger partial charge on any atom is -0.494 e. The molecule has 0 radical (unpaired) electrons. The van der Waals surface area contributed by atoms with Crippen LogP contribution in [0.4, 0.5) is 14.0 Å². The van der Waals surface area contributed by atoms with Gasteiger partial charge in [-0.25, -0.2) is 4.39 Å². The SMILES string of the molecule is COc1cc(F)ccc1N1CC(CS(=O)(=O)F)CC1=O. The number of halogens is 2. The molecule has 8 heteroatoms. The quantitative estimate of drug-likeness (QED) is 0.791. The Hall–Kier alpha value is -1.70. The third kappa shape index (κ3) is 3.24. The van der Waals surface area contributed by atoms with Gasteiger partial charge in [-0.1, -0.05) is 0 Å². The van der Waals surface area contributed by atoms with Gasteiger partial charge in [0.1, 0.15) is 11.6 Å². The Morgan fingerprint density at radius 1 is 1.45 bits per heavy atom. The lowest BCUT2D eigenvalue weighted by atomic mass is 10.1. The number of carbonyl (C=O) groups excluding carboxylic acids is 1. The van der Waals surface area contributed by atoms with Crippen LogP contribution in [0.25, 0.3) is 0 Å². The minimum atomic E-state index is -4.63. The van der Waals surface area contributed by atoms with Gasteiger partial charge in [-0.3, -0.25) is 4.79 Å². The van der Waals surface area contributed by atoms with Crippen LogP contribution < -0.4 is 9.64 Å². The van der Waals surface area contributed by atoms with E-state index in [2.05, 4.69) is 0 Å². The zero-order valence-corrected chi connectivity index (χ0v) is 11.5. The third-order valence-corrected chi connectivity index (χ3v) is 3.94. The van der Waals surface area contributed by atoms with Crippen molar-refractivity contribution in [2.24, 2.45) is 5.92 Å². The van der Waals surface area contributed by atoms with Gasteiger partial charge in [0.2, 0.25) is 5.91 Å². The molecule has 0 spiro atoms. The van der Waals surface area contributed by atoms with Gasteiger partial charge >= 0.3 is 10.2 Å². The maximum absolute atomic E-state index is 13.1. The maximum Gasteiger partial charge on any atom is 0.302 e. The Kier molecular flexibility index (Phi) is 3.94. The summed E-state index contributed by atoms with van der Waals surface area (Å²) in [6, 6.07) is 3.67. The molecule has 1 heterocycles. The highest BCUT2D eigenvalue weighted by atomic mass is 32.3. The Morgan fingerprint density at radius 2 is 2.15 bits per heavy atom. The van der Waals surface area contributed by atoms with Crippen LogP contribution >= 0.6 is 0 Å². The van der Waals surface area contributed by atoms with Crippen molar-refractivity contribution in [1.29, 1.82) is 0 Å². The molecular weight excluding hydrogens is 292 g/mol. The summed E-state index contributed by atoms with van der Waals surface area (Å²) in [4.78, 5) is 13.2. The number of amides is 1. The second kappa shape index (κ2) is 5.35. The molecule has 110 valence electrons. The first-order chi connectivity index (χ1) is 9.30. The number of rotatable bonds is 4. The van der Waals surface area contributed by atoms with Crippen molar-refractivity contribution >= 4 is 21.8 Å². The molecule has 1 amide bonds. The molecule has 0 saturated carbocycles. The Balaban J connectivity index is 2.24. The average Bonchev–Trinajstić information content (AvgIpc) is 2.67. The molecule has 2 rings (SSSR count). The van der Waals surface area contributed by atoms with Crippen molar-refractivity contribution in [1.82, 2.24) is 0 Å². The maximum atomic E-state index is 13.1. The van der Waals surface area contributed by atoms with Crippen LogP contribution in [0.2, 0.25) is 0 Å². The lowest BCUT2D eigenvalue weighted by Crippen LogP contribution is -2.25. The van der Waals surface area contributed by atoms with Gasteiger partial charge in [-0.15, -0.1) is 3.89 Å². The summed E-state index contributed by atoms with van der Waals surface area (Å²) in [5.74, 6) is -2.00. The van der Waals surface area contributed by atoms with Gasteiger partial charge in [0.15, 0.2) is 0 Å². The molecule has 1 fully saturated rings. The molecule has 0 aromatic heterocycles. The first kappa shape index (κ1) is 14.7. The number of ether oxygens (including phenoxy) is 1. The minimum absolute atomic E-state index is 0.0595. The number of nitrogens with zero attached hydrogens (tertiary/aromatic N) is 1. The van der Waals surface area contributed by atoms with Crippen molar-refractivity contribution in [2.75, 3.05) is 24.3 Å². The van der Waals surface area contributed by atoms with E-state index in [0.717, 1.165) is 6.07 Å². The first-order valence-electron chi connectivity index (χ1n) is 5.86. The molecule has 1 unspecified atom stereocenters. The summed E-state index contributed by atoms with van der Waals surface area (Å²) in [7, 11) is -3.29. The molecule has 0 N–H and O–H groups in total. The van der Waals surface area contributed by atoms with E-state index in [9.17, 15) is 21.5 Å². The Morgan fingerprint density at radius 3 is 2.75 bits per heavy atom. The highest BCUT2D eigenvalue weighted by Crippen LogP contribution is 2.33. The molecule has 1 atom stereocenters. The number of carbonyl (C=O) groups is 1. The van der Waals surface area contributed by atoms with E-state index in [-0.39, 0.29) is 24.6 Å². The Bertz CT molecular complexity index is 632. The summed E-state index contributed by atoms with van der Waals surface area (Å²) in [6.07, 6.45) is -0.0658. The summed E-state index contributed by atoms with van der Waals surface area (Å²) in [5.41, 5.74) is 0.345. The highest BCUT2D eigenvalue weighted by molar-refractivity contribution is 7.86. The van der Waals surface area contributed by atoms with Crippen LogP contribution in [-0.2, 0) is 15.0 Å². The third-order valence-electron chi connectivity index (χ3n) is 3.07. The van der Waals surface area contributed by atoms with Crippen molar-refractivity contribution < 1.29 is 26.2 Å². The van der Waals surface area contributed by atoms with Crippen molar-refractivity contribution in [3.63, 3.8) is 0 Å². The van der Waals surface area contributed by atoms with E-state index in [4.69, 9.17) is 4.74 Å². The molecule has 0 aliphatic carbocycles. The molecule has 20 heavy (non-hydrogen) atoms. The normalized spacial score (nSPS) is 19.4. The van der Waals surface area contributed by atoms with E-state index >= 15 is 0 Å². The monoisotopic (exact) mass is 305 g/mol. The van der Waals surface area contributed by atoms with E-state index in [1.165, 1.54) is 24.1 Å². The van der Waals surface area contributed by atoms with Crippen LogP contribution in [0, 0.1) is 11.7 Å². The van der Waals surface area contributed by atoms with Crippen molar-refractivity contribution in [3.8, 4) is 5.75 Å². The lowest BCUT2D eigenvalue weighted by Gasteiger charge is -2.19. The molecule has 1 saturated heterocycles. The molecular formula is C12H13F2NO4S. The fourth-order valence-corrected chi connectivity index (χ4v) is 3.07. The second-order valence-electron chi connectivity index (χ2n) is 4.60. The van der Waals surface area contributed by atoms with Crippen molar-refractivity contribution in [2.45, 2.75) is 6.42 Å². The highest BCUT2D eigenvalue weighted by Gasteiger charge is 2.34. The predicted molar refractivity (Wildman–Crippen MR) is 68.3 cm³/mol. The molecule has 1 aromatic rings. The number of methoxy groups -OCH3 is 1. The molecule has 1 aromatic carbocycles. The molecule has 5 nitrogen and oxygen atoms in total. The summed E-state index contributed by atoms with van der Waals surface area (Å²) in [6.45, 7) is 0.0595. The fraction of sp³-hybridized carbons (Fsp3) is 0.417. The van der Waals surface area contributed by atoms with Crippen LogP contribution in [0.5, 0.6) is 5.75 Å². The number of benzene rings is 1. The van der Waals surface area contributed by atoms with E-state index in [1.807, 2.05) is 0 Å². The first-order valence-corrected chi connectivity index (χ1v) is 7.41. The standard InChI is InChI=1S/C12H13F2NO4S/c1-19-11-5-9(13)2-3-10(11)15-6-8(4-12(15)16)7-20(14,17)18/h2-3,5,8H,4,6-7H2,1H3. The molecule has 1 aliphatic heterocycles. The Labute approximate surface area is 115 Å². The summed E-state index contributed by atoms with van der Waals surface area (Å²) in [5, 5.41) is 0. The van der Waals surface area contributed by atoms with Gasteiger partial charge in [0.25, 0.3) is 0 Å². The van der Waals surface area contributed by atoms with Crippen LogP contribution in [-0.4, -0.2) is 33.7 Å². The molecule has 1 aliphatic rings. The average molecular weight is 305 g/mol. The number of anilines is 1. The van der Waals surface area contributed by atoms with Gasteiger partial charge in [-0.2, -0.15) is 8.42 Å². The number of hydrogen-bond donors (Lipinski definition) is 0. The largest absolute Gasteiger partial charge is 0.494 e. The fourth-order valence-electron chi connectivity index (χ4n) is 2.28. The van der Waals surface area contributed by atoms with Gasteiger partial charge in [-0.05, 0) is 12.1 Å². The lowest BCUT2D eigenvalue weighted by molar-refractivity contribution is -0.117. The van der Waals surface area contributed by atoms with E-state index in [0.29, 0.717) is 5.69 Å². The molecule has 0 bridgehead atoms. The van der Waals surface area contributed by atoms with Crippen molar-refractivity contribution in [3.05, 3.63) is 24.0 Å². The summed E-state index contributed by atoms with van der Waals surface area (Å²) < 4.78 is 52.0. The van der Waals surface area contributed by atoms with Gasteiger partial charge in [0.05, 0.1) is 18.6 Å². The van der Waals surface area contributed by atoms with E-state index < -0.39 is 27.7 Å². The number of hydrogen-bond acceptors (Lipinski definition) is 4. The van der Waals surface area contributed by atoms with E-state index in [1.54, 1.807) is 0 Å². The summed E-state index contributed by atoms with van der Waals surface area (Å²) >= 11 is 0. The van der Waals surface area contributed by atoms with Gasteiger partial charge < -0.3 is 9.64 Å². The smallest absolute Gasteiger partial charge is 0.302 e. The zero-order chi connectivity index (χ0) is 14.9. The second-order valence-corrected chi connectivity index (χ2v) is 6.01. The topological polar surface area (TPSA) is 63.7 Å². The van der Waals surface area contributed by atoms with Crippen LogP contribution in [0.15, 0.2) is 18.2 Å². The van der Waals surface area contributed by atoms with Crippen LogP contribution in [0.1, 0.15) is 6.42 Å². The van der Waals surface area contributed by atoms with Crippen LogP contribution in [0.3, 0.4) is 0 Å². The predicted octanol–water partition coefficient (Wildman–Crippen LogP) is 1.49. The zero-order valence-electron chi connectivity index (χ0n) is 10.7. The van der Waals surface area contributed by atoms with Gasteiger partial charge in [0, 0.05) is 24.9 Å².